The molecule has 0 saturated carbocycles. The first-order chi connectivity index (χ1) is 13.2. The quantitative estimate of drug-likeness (QED) is 0.579. The highest BCUT2D eigenvalue weighted by Crippen LogP contribution is 2.19. The second kappa shape index (κ2) is 6.93. The summed E-state index contributed by atoms with van der Waals surface area (Å²) in [5.41, 5.74) is 3.22. The van der Waals surface area contributed by atoms with Crippen LogP contribution >= 0.6 is 0 Å². The SMILES string of the molecule is N#Cc1cccc(-c2nc(NC(=O)c3ccc(-c4ccon4)cc3)n[nH]2)c1. The minimum atomic E-state index is -0.335. The average Bonchev–Trinajstić information content (AvgIpc) is 3.40. The molecule has 0 atom stereocenters. The molecule has 2 aromatic carbocycles. The fraction of sp³-hybridized carbons (Fsp3) is 0. The Morgan fingerprint density at radius 1 is 1.11 bits per heavy atom. The lowest BCUT2D eigenvalue weighted by molar-refractivity contribution is 0.102. The third kappa shape index (κ3) is 3.43. The summed E-state index contributed by atoms with van der Waals surface area (Å²) in [5, 5.41) is 22.2. The maximum Gasteiger partial charge on any atom is 0.258 e. The van der Waals surface area contributed by atoms with Gasteiger partial charge in [-0.25, -0.2) is 0 Å². The minimum absolute atomic E-state index is 0.151. The zero-order chi connectivity index (χ0) is 18.6. The highest BCUT2D eigenvalue weighted by atomic mass is 16.5. The zero-order valence-electron chi connectivity index (χ0n) is 13.9. The molecule has 0 fully saturated rings. The summed E-state index contributed by atoms with van der Waals surface area (Å²) >= 11 is 0. The van der Waals surface area contributed by atoms with E-state index < -0.39 is 0 Å². The summed E-state index contributed by atoms with van der Waals surface area (Å²) in [7, 11) is 0. The van der Waals surface area contributed by atoms with Crippen LogP contribution in [0.3, 0.4) is 0 Å². The topological polar surface area (TPSA) is 120 Å². The predicted octanol–water partition coefficient (Wildman–Crippen LogP) is 3.25. The second-order valence-electron chi connectivity index (χ2n) is 5.62. The van der Waals surface area contributed by atoms with E-state index in [9.17, 15) is 4.79 Å². The van der Waals surface area contributed by atoms with Crippen molar-refractivity contribution in [2.45, 2.75) is 0 Å². The van der Waals surface area contributed by atoms with Crippen LogP contribution in [0.15, 0.2) is 65.4 Å². The molecule has 2 N–H and O–H groups in total. The van der Waals surface area contributed by atoms with Gasteiger partial charge in [0.25, 0.3) is 5.91 Å². The van der Waals surface area contributed by atoms with Crippen molar-refractivity contribution in [2.24, 2.45) is 0 Å². The monoisotopic (exact) mass is 356 g/mol. The minimum Gasteiger partial charge on any atom is -0.364 e. The number of nitriles is 1. The molecule has 0 aliphatic carbocycles. The largest absolute Gasteiger partial charge is 0.364 e. The maximum absolute atomic E-state index is 12.4. The molecule has 0 aliphatic heterocycles. The summed E-state index contributed by atoms with van der Waals surface area (Å²) in [5.74, 6) is 0.278. The lowest BCUT2D eigenvalue weighted by Gasteiger charge is -2.02. The van der Waals surface area contributed by atoms with Gasteiger partial charge in [0.05, 0.1) is 11.6 Å². The molecule has 4 aromatic rings. The number of nitrogens with one attached hydrogen (secondary N) is 2. The molecule has 2 aromatic heterocycles. The van der Waals surface area contributed by atoms with Gasteiger partial charge in [0.1, 0.15) is 12.0 Å². The standard InChI is InChI=1S/C19H12N6O2/c20-11-12-2-1-3-15(10-12)17-21-19(24-23-17)22-18(26)14-6-4-13(5-7-14)16-8-9-27-25-16/h1-10H,(H2,21,22,23,24,26). The summed E-state index contributed by atoms with van der Waals surface area (Å²) in [6.07, 6.45) is 1.49. The Morgan fingerprint density at radius 2 is 1.96 bits per heavy atom. The third-order valence-electron chi connectivity index (χ3n) is 3.86. The van der Waals surface area contributed by atoms with Crippen LogP contribution in [0.4, 0.5) is 5.95 Å². The summed E-state index contributed by atoms with van der Waals surface area (Å²) in [6.45, 7) is 0. The van der Waals surface area contributed by atoms with Crippen LogP contribution in [0.2, 0.25) is 0 Å². The Hall–Kier alpha value is -4.25. The van der Waals surface area contributed by atoms with E-state index in [1.165, 1.54) is 6.26 Å². The van der Waals surface area contributed by atoms with Crippen molar-refractivity contribution in [1.82, 2.24) is 20.3 Å². The van der Waals surface area contributed by atoms with E-state index in [1.807, 2.05) is 0 Å². The van der Waals surface area contributed by atoms with Gasteiger partial charge in [-0.05, 0) is 24.3 Å². The van der Waals surface area contributed by atoms with Crippen molar-refractivity contribution in [2.75, 3.05) is 5.32 Å². The van der Waals surface area contributed by atoms with E-state index in [0.29, 0.717) is 28.2 Å². The first-order valence-corrected chi connectivity index (χ1v) is 7.98. The average molecular weight is 356 g/mol. The molecule has 4 rings (SSSR count). The Kier molecular flexibility index (Phi) is 4.17. The van der Waals surface area contributed by atoms with Crippen molar-refractivity contribution >= 4 is 11.9 Å². The summed E-state index contributed by atoms with van der Waals surface area (Å²) in [4.78, 5) is 16.6. The molecular formula is C19H12N6O2. The molecule has 1 amide bonds. The van der Waals surface area contributed by atoms with Crippen molar-refractivity contribution in [3.63, 3.8) is 0 Å². The van der Waals surface area contributed by atoms with Gasteiger partial charge in [0.15, 0.2) is 5.82 Å². The van der Waals surface area contributed by atoms with Gasteiger partial charge in [-0.2, -0.15) is 10.2 Å². The van der Waals surface area contributed by atoms with E-state index in [4.69, 9.17) is 9.78 Å². The number of carbonyl (C=O) groups excluding carboxylic acids is 1. The number of H-pyrrole nitrogens is 1. The van der Waals surface area contributed by atoms with Crippen LogP contribution < -0.4 is 5.32 Å². The van der Waals surface area contributed by atoms with Crippen molar-refractivity contribution in [3.05, 3.63) is 72.0 Å². The van der Waals surface area contributed by atoms with Gasteiger partial charge in [-0.3, -0.25) is 15.2 Å². The Labute approximate surface area is 153 Å². The highest BCUT2D eigenvalue weighted by molar-refractivity contribution is 6.03. The number of benzene rings is 2. The lowest BCUT2D eigenvalue weighted by atomic mass is 10.1. The molecule has 0 bridgehead atoms. The zero-order valence-corrected chi connectivity index (χ0v) is 13.9. The number of hydrogen-bond donors (Lipinski definition) is 2. The number of carbonyl (C=O) groups is 1. The molecule has 0 radical (unpaired) electrons. The molecule has 8 nitrogen and oxygen atoms in total. The highest BCUT2D eigenvalue weighted by Gasteiger charge is 2.12. The van der Waals surface area contributed by atoms with Gasteiger partial charge < -0.3 is 4.52 Å². The van der Waals surface area contributed by atoms with E-state index in [1.54, 1.807) is 54.6 Å². The Balaban J connectivity index is 1.49. The van der Waals surface area contributed by atoms with E-state index in [2.05, 4.69) is 31.7 Å². The molecule has 8 heteroatoms. The summed E-state index contributed by atoms with van der Waals surface area (Å²) < 4.78 is 4.81. The summed E-state index contributed by atoms with van der Waals surface area (Å²) in [6, 6.07) is 17.7. The van der Waals surface area contributed by atoms with Crippen LogP contribution in [0.1, 0.15) is 15.9 Å². The number of anilines is 1. The van der Waals surface area contributed by atoms with Crippen molar-refractivity contribution in [3.8, 4) is 28.7 Å². The molecule has 0 saturated heterocycles. The lowest BCUT2D eigenvalue weighted by Crippen LogP contribution is -2.12. The van der Waals surface area contributed by atoms with Crippen LogP contribution in [0.25, 0.3) is 22.6 Å². The first-order valence-electron chi connectivity index (χ1n) is 7.98. The van der Waals surface area contributed by atoms with Gasteiger partial charge >= 0.3 is 0 Å². The fourth-order valence-corrected chi connectivity index (χ4v) is 2.51. The molecule has 0 unspecified atom stereocenters. The van der Waals surface area contributed by atoms with Crippen molar-refractivity contribution in [1.29, 1.82) is 5.26 Å². The molecule has 130 valence electrons. The Bertz CT molecular complexity index is 1120. The first kappa shape index (κ1) is 16.2. The maximum atomic E-state index is 12.4. The van der Waals surface area contributed by atoms with Crippen LogP contribution in [0.5, 0.6) is 0 Å². The normalized spacial score (nSPS) is 10.3. The smallest absolute Gasteiger partial charge is 0.258 e. The molecule has 0 spiro atoms. The molecule has 2 heterocycles. The number of aromatic amines is 1. The van der Waals surface area contributed by atoms with Crippen LogP contribution in [0, 0.1) is 11.3 Å². The second-order valence-corrected chi connectivity index (χ2v) is 5.62. The number of nitrogens with zero attached hydrogens (tertiary/aromatic N) is 4. The number of aromatic nitrogens is 4. The van der Waals surface area contributed by atoms with E-state index >= 15 is 0 Å². The van der Waals surface area contributed by atoms with Gasteiger partial charge in [0, 0.05) is 22.8 Å². The Morgan fingerprint density at radius 3 is 2.70 bits per heavy atom. The van der Waals surface area contributed by atoms with Crippen LogP contribution in [-0.4, -0.2) is 26.2 Å². The molecule has 0 aliphatic rings. The van der Waals surface area contributed by atoms with Crippen molar-refractivity contribution < 1.29 is 9.32 Å². The van der Waals surface area contributed by atoms with Gasteiger partial charge in [-0.1, -0.05) is 29.4 Å². The van der Waals surface area contributed by atoms with Gasteiger partial charge in [-0.15, -0.1) is 5.10 Å². The fourth-order valence-electron chi connectivity index (χ4n) is 2.51. The van der Waals surface area contributed by atoms with Crippen LogP contribution in [-0.2, 0) is 0 Å². The molecular weight excluding hydrogens is 344 g/mol. The van der Waals surface area contributed by atoms with E-state index in [0.717, 1.165) is 5.56 Å². The number of rotatable bonds is 4. The van der Waals surface area contributed by atoms with E-state index in [-0.39, 0.29) is 11.9 Å². The molecule has 27 heavy (non-hydrogen) atoms. The third-order valence-corrected chi connectivity index (χ3v) is 3.86. The predicted molar refractivity (Wildman–Crippen MR) is 96.4 cm³/mol. The number of amides is 1. The van der Waals surface area contributed by atoms with Gasteiger partial charge in [0.2, 0.25) is 5.95 Å². The number of hydrogen-bond acceptors (Lipinski definition) is 6.